The first-order valence-electron chi connectivity index (χ1n) is 10.5. The summed E-state index contributed by atoms with van der Waals surface area (Å²) in [7, 11) is 0. The van der Waals surface area contributed by atoms with Gasteiger partial charge in [0, 0.05) is 31.7 Å². The molecule has 2 heterocycles. The zero-order valence-electron chi connectivity index (χ0n) is 17.3. The van der Waals surface area contributed by atoms with Gasteiger partial charge in [-0.2, -0.15) is 0 Å². The largest absolute Gasteiger partial charge is 0.508 e. The molecule has 2 saturated heterocycles. The summed E-state index contributed by atoms with van der Waals surface area (Å²) in [6.07, 6.45) is 0.769. The molecule has 30 heavy (non-hydrogen) atoms. The zero-order chi connectivity index (χ0) is 21.1. The number of nitrogens with zero attached hydrogens (tertiary/aromatic N) is 2. The second-order valence-electron chi connectivity index (χ2n) is 8.43. The van der Waals surface area contributed by atoms with Crippen molar-refractivity contribution in [2.45, 2.75) is 25.9 Å². The lowest BCUT2D eigenvalue weighted by Gasteiger charge is -2.51. The van der Waals surface area contributed by atoms with Crippen molar-refractivity contribution >= 4 is 11.8 Å². The average Bonchev–Trinajstić information content (AvgIpc) is 2.72. The first-order valence-corrected chi connectivity index (χ1v) is 10.5. The summed E-state index contributed by atoms with van der Waals surface area (Å²) in [4.78, 5) is 30.0. The number of aromatic hydroxyl groups is 1. The summed E-state index contributed by atoms with van der Waals surface area (Å²) in [6.45, 7) is 4.50. The van der Waals surface area contributed by atoms with Gasteiger partial charge in [0.15, 0.2) is 0 Å². The summed E-state index contributed by atoms with van der Waals surface area (Å²) >= 11 is 0. The highest BCUT2D eigenvalue weighted by atomic mass is 16.5. The molecule has 2 amide bonds. The van der Waals surface area contributed by atoms with E-state index in [0.29, 0.717) is 44.8 Å². The third-order valence-corrected chi connectivity index (χ3v) is 6.04. The maximum Gasteiger partial charge on any atom is 0.232 e. The highest BCUT2D eigenvalue weighted by Gasteiger charge is 2.52. The van der Waals surface area contributed by atoms with E-state index in [1.165, 1.54) is 0 Å². The minimum absolute atomic E-state index is 0.0235. The minimum atomic E-state index is -0.604. The number of phenolic OH excluding ortho intramolecular Hbond substituents is 1. The average molecular weight is 408 g/mol. The van der Waals surface area contributed by atoms with E-state index in [9.17, 15) is 14.7 Å². The van der Waals surface area contributed by atoms with Crippen molar-refractivity contribution < 1.29 is 19.4 Å². The van der Waals surface area contributed by atoms with Crippen LogP contribution in [0.4, 0.5) is 0 Å². The molecule has 158 valence electrons. The van der Waals surface area contributed by atoms with E-state index in [0.717, 1.165) is 5.56 Å². The van der Waals surface area contributed by atoms with E-state index in [1.54, 1.807) is 29.2 Å². The van der Waals surface area contributed by atoms with Crippen LogP contribution < -0.4 is 0 Å². The molecule has 0 spiro atoms. The molecule has 1 atom stereocenters. The van der Waals surface area contributed by atoms with Gasteiger partial charge in [0.2, 0.25) is 11.8 Å². The highest BCUT2D eigenvalue weighted by molar-refractivity contribution is 5.89. The first kappa shape index (κ1) is 20.4. The number of carbonyl (C=O) groups is 2. The fourth-order valence-corrected chi connectivity index (χ4v) is 4.44. The molecule has 0 aromatic heterocycles. The number of ether oxygens (including phenoxy) is 1. The van der Waals surface area contributed by atoms with Gasteiger partial charge >= 0.3 is 0 Å². The summed E-state index contributed by atoms with van der Waals surface area (Å²) in [5.74, 6) is 0.164. The lowest BCUT2D eigenvalue weighted by molar-refractivity contribution is -0.165. The zero-order valence-corrected chi connectivity index (χ0v) is 17.3. The molecule has 2 aliphatic rings. The van der Waals surface area contributed by atoms with Gasteiger partial charge in [-0.3, -0.25) is 9.59 Å². The van der Waals surface area contributed by atoms with E-state index in [4.69, 9.17) is 4.74 Å². The van der Waals surface area contributed by atoms with Crippen molar-refractivity contribution in [1.82, 2.24) is 9.80 Å². The Hall–Kier alpha value is -2.86. The third kappa shape index (κ3) is 4.19. The topological polar surface area (TPSA) is 70.1 Å². The fourth-order valence-electron chi connectivity index (χ4n) is 4.44. The number of amides is 2. The standard InChI is InChI=1S/C24H28N2O4/c1-18-15-25(11-12-30-18)23(29)24(14-19-7-3-2-4-8-19)16-26(17-24)22(28)13-20-9-5-6-10-21(20)27/h2-10,18,27H,11-17H2,1H3. The van der Waals surface area contributed by atoms with E-state index in [1.807, 2.05) is 42.2 Å². The number of likely N-dealkylation sites (tertiary alicyclic amines) is 1. The van der Waals surface area contributed by atoms with Crippen LogP contribution in [0.3, 0.4) is 0 Å². The van der Waals surface area contributed by atoms with Crippen LogP contribution in [0.5, 0.6) is 5.75 Å². The molecule has 2 aromatic carbocycles. The summed E-state index contributed by atoms with van der Waals surface area (Å²) in [5.41, 5.74) is 1.10. The molecule has 6 nitrogen and oxygen atoms in total. The fraction of sp³-hybridized carbons (Fsp3) is 0.417. The highest BCUT2D eigenvalue weighted by Crippen LogP contribution is 2.37. The second kappa shape index (κ2) is 8.48. The molecule has 2 aromatic rings. The molecule has 0 bridgehead atoms. The van der Waals surface area contributed by atoms with Crippen LogP contribution in [0.2, 0.25) is 0 Å². The van der Waals surface area contributed by atoms with Crippen LogP contribution in [0.15, 0.2) is 54.6 Å². The number of hydrogen-bond donors (Lipinski definition) is 1. The maximum absolute atomic E-state index is 13.5. The number of hydrogen-bond acceptors (Lipinski definition) is 4. The van der Waals surface area contributed by atoms with Gasteiger partial charge in [-0.15, -0.1) is 0 Å². The van der Waals surface area contributed by atoms with Crippen molar-refractivity contribution in [3.05, 3.63) is 65.7 Å². The van der Waals surface area contributed by atoms with Crippen molar-refractivity contribution in [2.75, 3.05) is 32.8 Å². The van der Waals surface area contributed by atoms with E-state index < -0.39 is 5.41 Å². The van der Waals surface area contributed by atoms with E-state index in [-0.39, 0.29) is 30.1 Å². The Labute approximate surface area is 177 Å². The molecule has 4 rings (SSSR count). The van der Waals surface area contributed by atoms with Crippen molar-refractivity contribution in [2.24, 2.45) is 5.41 Å². The Morgan fingerprint density at radius 3 is 2.47 bits per heavy atom. The number of para-hydroxylation sites is 1. The predicted molar refractivity (Wildman–Crippen MR) is 113 cm³/mol. The van der Waals surface area contributed by atoms with Crippen LogP contribution in [0, 0.1) is 5.41 Å². The molecule has 1 N–H and O–H groups in total. The van der Waals surface area contributed by atoms with Gasteiger partial charge in [0.1, 0.15) is 5.75 Å². The number of phenols is 1. The number of carbonyl (C=O) groups excluding carboxylic acids is 2. The Bertz CT molecular complexity index is 908. The van der Waals surface area contributed by atoms with E-state index >= 15 is 0 Å². The van der Waals surface area contributed by atoms with Gasteiger partial charge in [0.05, 0.1) is 24.5 Å². The van der Waals surface area contributed by atoms with Gasteiger partial charge < -0.3 is 19.6 Å². The lowest BCUT2D eigenvalue weighted by Crippen LogP contribution is -2.67. The van der Waals surface area contributed by atoms with Crippen molar-refractivity contribution in [1.29, 1.82) is 0 Å². The smallest absolute Gasteiger partial charge is 0.232 e. The summed E-state index contributed by atoms with van der Waals surface area (Å²) in [6, 6.07) is 16.9. The minimum Gasteiger partial charge on any atom is -0.508 e. The Morgan fingerprint density at radius 1 is 1.07 bits per heavy atom. The molecule has 0 radical (unpaired) electrons. The van der Waals surface area contributed by atoms with E-state index in [2.05, 4.69) is 0 Å². The van der Waals surface area contributed by atoms with Crippen molar-refractivity contribution in [3.8, 4) is 5.75 Å². The molecule has 0 saturated carbocycles. The second-order valence-corrected chi connectivity index (χ2v) is 8.43. The molecule has 0 aliphatic carbocycles. The van der Waals surface area contributed by atoms with Crippen LogP contribution in [0.25, 0.3) is 0 Å². The van der Waals surface area contributed by atoms with Gasteiger partial charge in [0.25, 0.3) is 0 Å². The first-order chi connectivity index (χ1) is 14.5. The molecule has 2 fully saturated rings. The predicted octanol–water partition coefficient (Wildman–Crippen LogP) is 2.25. The summed E-state index contributed by atoms with van der Waals surface area (Å²) in [5, 5.41) is 9.97. The Balaban J connectivity index is 1.49. The van der Waals surface area contributed by atoms with Gasteiger partial charge in [-0.05, 0) is 25.0 Å². The van der Waals surface area contributed by atoms with Gasteiger partial charge in [-0.25, -0.2) is 0 Å². The molecule has 6 heteroatoms. The Kier molecular flexibility index (Phi) is 5.77. The third-order valence-electron chi connectivity index (χ3n) is 6.04. The molecule has 2 aliphatic heterocycles. The number of rotatable bonds is 5. The number of benzene rings is 2. The van der Waals surface area contributed by atoms with Crippen molar-refractivity contribution in [3.63, 3.8) is 0 Å². The van der Waals surface area contributed by atoms with Crippen LogP contribution in [-0.2, 0) is 27.2 Å². The molecular weight excluding hydrogens is 380 g/mol. The van der Waals surface area contributed by atoms with Gasteiger partial charge in [-0.1, -0.05) is 48.5 Å². The monoisotopic (exact) mass is 408 g/mol. The molecule has 1 unspecified atom stereocenters. The Morgan fingerprint density at radius 2 is 1.77 bits per heavy atom. The molecular formula is C24H28N2O4. The maximum atomic E-state index is 13.5. The van der Waals surface area contributed by atoms with Crippen LogP contribution in [-0.4, -0.2) is 65.6 Å². The quantitative estimate of drug-likeness (QED) is 0.824. The lowest BCUT2D eigenvalue weighted by atomic mass is 9.73. The number of morpholine rings is 1. The van der Waals surface area contributed by atoms with Crippen LogP contribution in [0.1, 0.15) is 18.1 Å². The summed E-state index contributed by atoms with van der Waals surface area (Å²) < 4.78 is 5.60. The van der Waals surface area contributed by atoms with Crippen LogP contribution >= 0.6 is 0 Å². The SMILES string of the molecule is CC1CN(C(=O)C2(Cc3ccccc3)CN(C(=O)Cc3ccccc3O)C2)CCO1. The normalized spacial score (nSPS) is 20.5.